The molecule has 0 aliphatic carbocycles. The normalized spacial score (nSPS) is 11.9. The van der Waals surface area contributed by atoms with Gasteiger partial charge in [-0.25, -0.2) is 4.98 Å². The van der Waals surface area contributed by atoms with Gasteiger partial charge in [0.15, 0.2) is 5.82 Å². The van der Waals surface area contributed by atoms with E-state index < -0.39 is 12.5 Å². The van der Waals surface area contributed by atoms with Crippen LogP contribution in [0.4, 0.5) is 8.78 Å². The van der Waals surface area contributed by atoms with Crippen molar-refractivity contribution in [2.24, 2.45) is 10.9 Å². The Bertz CT molecular complexity index is 965. The number of alkyl halides is 2. The maximum Gasteiger partial charge on any atom is 0.320 e. The Morgan fingerprint density at radius 3 is 2.58 bits per heavy atom. The molecule has 0 unspecified atom stereocenters. The van der Waals surface area contributed by atoms with Crippen LogP contribution in [0.15, 0.2) is 53.7 Å². The van der Waals surface area contributed by atoms with Crippen molar-refractivity contribution in [3.63, 3.8) is 0 Å². The Hall–Kier alpha value is -3.29. The van der Waals surface area contributed by atoms with Crippen LogP contribution in [0.3, 0.4) is 0 Å². The van der Waals surface area contributed by atoms with Gasteiger partial charge in [0.2, 0.25) is 5.91 Å². The Labute approximate surface area is 147 Å². The number of amides is 1. The predicted molar refractivity (Wildman–Crippen MR) is 92.9 cm³/mol. The fourth-order valence-corrected chi connectivity index (χ4v) is 2.51. The zero-order chi connectivity index (χ0) is 18.7. The van der Waals surface area contributed by atoms with Gasteiger partial charge in [-0.1, -0.05) is 29.4 Å². The summed E-state index contributed by atoms with van der Waals surface area (Å²) in [5.74, 6) is -0.470. The van der Waals surface area contributed by atoms with Crippen molar-refractivity contribution in [2.75, 3.05) is 0 Å². The van der Waals surface area contributed by atoms with Gasteiger partial charge in [0.25, 0.3) is 0 Å². The van der Waals surface area contributed by atoms with Crippen LogP contribution >= 0.6 is 0 Å². The topological polar surface area (TPSA) is 82.5 Å². The van der Waals surface area contributed by atoms with E-state index in [0.717, 1.165) is 10.1 Å². The van der Waals surface area contributed by atoms with Crippen molar-refractivity contribution in [1.82, 2.24) is 9.55 Å². The number of benzene rings is 2. The summed E-state index contributed by atoms with van der Waals surface area (Å²) in [6.45, 7) is -1.08. The number of rotatable bonds is 6. The summed E-state index contributed by atoms with van der Waals surface area (Å²) in [6, 6.07) is 13.2. The zero-order valence-electron chi connectivity index (χ0n) is 13.9. The molecule has 3 aromatic rings. The van der Waals surface area contributed by atoms with Crippen molar-refractivity contribution in [1.29, 1.82) is 0 Å². The largest absolute Gasteiger partial charge is 0.391 e. The number of imidazole rings is 1. The first-order valence-electron chi connectivity index (χ1n) is 7.78. The number of carbonyl (C=O) groups excluding carboxylic acids is 1. The lowest BCUT2D eigenvalue weighted by Crippen LogP contribution is -2.10. The lowest BCUT2D eigenvalue weighted by atomic mass is 10.1. The Morgan fingerprint density at radius 1 is 1.23 bits per heavy atom. The van der Waals surface area contributed by atoms with Crippen molar-refractivity contribution in [3.05, 3.63) is 65.5 Å². The maximum atomic E-state index is 13.4. The van der Waals surface area contributed by atoms with Crippen LogP contribution in [-0.2, 0) is 11.4 Å². The lowest BCUT2D eigenvalue weighted by Gasteiger charge is -2.07. The third kappa shape index (κ3) is 3.53. The molecule has 3 rings (SSSR count). The summed E-state index contributed by atoms with van der Waals surface area (Å²) in [6.07, 6.45) is 0. The molecule has 1 aromatic heterocycles. The Balaban J connectivity index is 1.78. The molecule has 26 heavy (non-hydrogen) atoms. The summed E-state index contributed by atoms with van der Waals surface area (Å²) in [5, 5.41) is 3.89. The van der Waals surface area contributed by atoms with E-state index in [0.29, 0.717) is 16.6 Å². The third-order valence-electron chi connectivity index (χ3n) is 3.79. The van der Waals surface area contributed by atoms with Crippen molar-refractivity contribution in [3.8, 4) is 0 Å². The standard InChI is InChI=1S/C18H16F2N4O2/c1-11(23-26-10-12-6-8-13(9-7-12)16(21)25)17-22-14-4-2-3-5-15(14)24(17)18(19)20/h2-9,18H,10H2,1H3,(H2,21,25)/b23-11+. The molecule has 0 bridgehead atoms. The number of oxime groups is 1. The van der Waals surface area contributed by atoms with E-state index in [2.05, 4.69) is 10.1 Å². The predicted octanol–water partition coefficient (Wildman–Crippen LogP) is 3.47. The summed E-state index contributed by atoms with van der Waals surface area (Å²) in [7, 11) is 0. The molecule has 0 fully saturated rings. The number of carbonyl (C=O) groups is 1. The molecule has 0 saturated heterocycles. The van der Waals surface area contributed by atoms with E-state index in [-0.39, 0.29) is 18.1 Å². The van der Waals surface area contributed by atoms with Crippen LogP contribution in [0.1, 0.15) is 35.2 Å². The van der Waals surface area contributed by atoms with E-state index in [1.807, 2.05) is 0 Å². The summed E-state index contributed by atoms with van der Waals surface area (Å²) in [5.41, 5.74) is 7.34. The second-order valence-electron chi connectivity index (χ2n) is 5.58. The molecular weight excluding hydrogens is 342 g/mol. The van der Waals surface area contributed by atoms with Crippen molar-refractivity contribution < 1.29 is 18.4 Å². The molecule has 0 radical (unpaired) electrons. The van der Waals surface area contributed by atoms with E-state index in [4.69, 9.17) is 10.6 Å². The SMILES string of the molecule is C/C(=N\OCc1ccc(C(N)=O)cc1)c1nc2ccccc2n1C(F)F. The summed E-state index contributed by atoms with van der Waals surface area (Å²) < 4.78 is 27.7. The fourth-order valence-electron chi connectivity index (χ4n) is 2.51. The van der Waals surface area contributed by atoms with Crippen LogP contribution in [0, 0.1) is 0 Å². The van der Waals surface area contributed by atoms with Crippen LogP contribution in [0.25, 0.3) is 11.0 Å². The van der Waals surface area contributed by atoms with Gasteiger partial charge in [-0.05, 0) is 36.8 Å². The molecule has 0 aliphatic heterocycles. The molecule has 0 atom stereocenters. The number of para-hydroxylation sites is 2. The van der Waals surface area contributed by atoms with Gasteiger partial charge < -0.3 is 10.6 Å². The van der Waals surface area contributed by atoms with Gasteiger partial charge in [-0.15, -0.1) is 0 Å². The number of aromatic nitrogens is 2. The summed E-state index contributed by atoms with van der Waals surface area (Å²) in [4.78, 5) is 20.5. The van der Waals surface area contributed by atoms with E-state index in [1.54, 1.807) is 55.5 Å². The monoisotopic (exact) mass is 358 g/mol. The molecule has 1 amide bonds. The second-order valence-corrected chi connectivity index (χ2v) is 5.58. The van der Waals surface area contributed by atoms with Gasteiger partial charge in [0, 0.05) is 5.56 Å². The minimum atomic E-state index is -2.75. The molecular formula is C18H16F2N4O2. The number of nitrogens with zero attached hydrogens (tertiary/aromatic N) is 3. The molecule has 134 valence electrons. The number of hydrogen-bond acceptors (Lipinski definition) is 4. The number of nitrogens with two attached hydrogens (primary N) is 1. The molecule has 0 aliphatic rings. The number of fused-ring (bicyclic) bond motifs is 1. The van der Waals surface area contributed by atoms with Crippen molar-refractivity contribution >= 4 is 22.7 Å². The molecule has 6 nitrogen and oxygen atoms in total. The van der Waals surface area contributed by atoms with E-state index >= 15 is 0 Å². The second kappa shape index (κ2) is 7.30. The highest BCUT2D eigenvalue weighted by Crippen LogP contribution is 2.23. The highest BCUT2D eigenvalue weighted by molar-refractivity contribution is 5.98. The fraction of sp³-hybridized carbons (Fsp3) is 0.167. The van der Waals surface area contributed by atoms with Gasteiger partial charge in [0.05, 0.1) is 11.0 Å². The highest BCUT2D eigenvalue weighted by Gasteiger charge is 2.19. The van der Waals surface area contributed by atoms with Gasteiger partial charge in [0.1, 0.15) is 12.3 Å². The highest BCUT2D eigenvalue weighted by atomic mass is 19.3. The number of hydrogen-bond donors (Lipinski definition) is 1. The zero-order valence-corrected chi connectivity index (χ0v) is 13.9. The Kier molecular flexibility index (Phi) is 4.92. The van der Waals surface area contributed by atoms with Crippen molar-refractivity contribution in [2.45, 2.75) is 20.1 Å². The molecule has 8 heteroatoms. The third-order valence-corrected chi connectivity index (χ3v) is 3.79. The van der Waals surface area contributed by atoms with Crippen LogP contribution < -0.4 is 5.73 Å². The smallest absolute Gasteiger partial charge is 0.320 e. The quantitative estimate of drug-likeness (QED) is 0.541. The maximum absolute atomic E-state index is 13.4. The lowest BCUT2D eigenvalue weighted by molar-refractivity contribution is 0.0735. The average molecular weight is 358 g/mol. The minimum absolute atomic E-state index is 0.0466. The van der Waals surface area contributed by atoms with Gasteiger partial charge in [-0.3, -0.25) is 9.36 Å². The van der Waals surface area contributed by atoms with E-state index in [9.17, 15) is 13.6 Å². The molecule has 2 N–H and O–H groups in total. The van der Waals surface area contributed by atoms with Crippen LogP contribution in [0.5, 0.6) is 0 Å². The first kappa shape index (κ1) is 17.5. The molecule has 0 saturated carbocycles. The molecule has 0 spiro atoms. The van der Waals surface area contributed by atoms with Gasteiger partial charge >= 0.3 is 6.55 Å². The van der Waals surface area contributed by atoms with Crippen LogP contribution in [0.2, 0.25) is 0 Å². The molecule has 2 aromatic carbocycles. The first-order valence-corrected chi connectivity index (χ1v) is 7.78. The summed E-state index contributed by atoms with van der Waals surface area (Å²) >= 11 is 0. The Morgan fingerprint density at radius 2 is 1.92 bits per heavy atom. The minimum Gasteiger partial charge on any atom is -0.391 e. The average Bonchev–Trinajstić information content (AvgIpc) is 3.02. The number of primary amides is 1. The first-order chi connectivity index (χ1) is 12.5. The van der Waals surface area contributed by atoms with Gasteiger partial charge in [-0.2, -0.15) is 8.78 Å². The van der Waals surface area contributed by atoms with Crippen LogP contribution in [-0.4, -0.2) is 21.2 Å². The van der Waals surface area contributed by atoms with E-state index in [1.165, 1.54) is 0 Å². The number of halogens is 2. The molecule has 1 heterocycles.